The summed E-state index contributed by atoms with van der Waals surface area (Å²) < 4.78 is 0. The number of nitrogens with zero attached hydrogens (tertiary/aromatic N) is 2. The van der Waals surface area contributed by atoms with E-state index < -0.39 is 0 Å². The summed E-state index contributed by atoms with van der Waals surface area (Å²) in [5.41, 5.74) is 3.04. The molecule has 1 aromatic heterocycles. The summed E-state index contributed by atoms with van der Waals surface area (Å²) in [5, 5.41) is 11.9. The van der Waals surface area contributed by atoms with E-state index in [9.17, 15) is 4.79 Å². The van der Waals surface area contributed by atoms with E-state index in [4.69, 9.17) is 5.26 Å². The lowest BCUT2D eigenvalue weighted by Gasteiger charge is -2.04. The average molecular weight is 291 g/mol. The summed E-state index contributed by atoms with van der Waals surface area (Å²) >= 11 is 0. The van der Waals surface area contributed by atoms with Crippen LogP contribution >= 0.6 is 0 Å². The summed E-state index contributed by atoms with van der Waals surface area (Å²) in [6, 6.07) is 13.4. The lowest BCUT2D eigenvalue weighted by atomic mass is 10.1. The molecule has 0 bridgehead atoms. The van der Waals surface area contributed by atoms with Crippen LogP contribution in [0.5, 0.6) is 0 Å². The molecule has 0 spiro atoms. The Morgan fingerprint density at radius 3 is 2.64 bits per heavy atom. The van der Waals surface area contributed by atoms with Gasteiger partial charge < -0.3 is 5.32 Å². The Bertz CT molecular complexity index is 697. The van der Waals surface area contributed by atoms with Crippen LogP contribution in [0.15, 0.2) is 54.4 Å². The molecule has 0 aliphatic heterocycles. The van der Waals surface area contributed by atoms with Gasteiger partial charge in [0.15, 0.2) is 0 Å². The molecule has 22 heavy (non-hydrogen) atoms. The summed E-state index contributed by atoms with van der Waals surface area (Å²) in [7, 11) is 0. The zero-order chi connectivity index (χ0) is 15.8. The van der Waals surface area contributed by atoms with Gasteiger partial charge in [0.05, 0.1) is 0 Å². The maximum absolute atomic E-state index is 12.1. The van der Waals surface area contributed by atoms with Crippen molar-refractivity contribution in [2.75, 3.05) is 0 Å². The van der Waals surface area contributed by atoms with E-state index >= 15 is 0 Å². The number of aromatic nitrogens is 1. The highest BCUT2D eigenvalue weighted by Crippen LogP contribution is 2.10. The van der Waals surface area contributed by atoms with Crippen LogP contribution in [0.2, 0.25) is 0 Å². The molecule has 0 unspecified atom stereocenters. The summed E-state index contributed by atoms with van der Waals surface area (Å²) in [4.78, 5) is 16.0. The van der Waals surface area contributed by atoms with Gasteiger partial charge in [0.25, 0.3) is 5.91 Å². The summed E-state index contributed by atoms with van der Waals surface area (Å²) in [6.45, 7) is 2.43. The minimum Gasteiger partial charge on any atom is -0.347 e. The second-order valence-corrected chi connectivity index (χ2v) is 4.81. The number of carbonyl (C=O) groups excluding carboxylic acids is 1. The van der Waals surface area contributed by atoms with Gasteiger partial charge in [-0.1, -0.05) is 37.3 Å². The molecule has 2 aromatic rings. The van der Waals surface area contributed by atoms with Crippen LogP contribution in [0.25, 0.3) is 6.08 Å². The highest BCUT2D eigenvalue weighted by Gasteiger charge is 2.08. The van der Waals surface area contributed by atoms with E-state index in [0.717, 1.165) is 17.5 Å². The molecule has 0 aliphatic carbocycles. The molecule has 0 saturated carbocycles. The molecule has 110 valence electrons. The normalized spacial score (nSPS) is 10.8. The Morgan fingerprint density at radius 1 is 1.27 bits per heavy atom. The zero-order valence-corrected chi connectivity index (χ0v) is 12.4. The maximum atomic E-state index is 12.1. The highest BCUT2D eigenvalue weighted by molar-refractivity contribution is 6.01. The van der Waals surface area contributed by atoms with Gasteiger partial charge in [-0.15, -0.1) is 0 Å². The van der Waals surface area contributed by atoms with E-state index in [1.54, 1.807) is 24.5 Å². The minimum absolute atomic E-state index is 0.0909. The topological polar surface area (TPSA) is 65.8 Å². The third-order valence-corrected chi connectivity index (χ3v) is 3.24. The third-order valence-electron chi connectivity index (χ3n) is 3.24. The molecule has 1 heterocycles. The Hall–Kier alpha value is -2.93. The van der Waals surface area contributed by atoms with E-state index in [-0.39, 0.29) is 11.5 Å². The van der Waals surface area contributed by atoms with Gasteiger partial charge in [0.2, 0.25) is 0 Å². The fraction of sp³-hybridized carbons (Fsp3) is 0.167. The molecular weight excluding hydrogens is 274 g/mol. The first-order valence-electron chi connectivity index (χ1n) is 7.10. The molecular formula is C18H17N3O. The fourth-order valence-corrected chi connectivity index (χ4v) is 1.95. The standard InChI is InChI=1S/C18H17N3O/c1-2-14-5-7-15(8-6-14)10-17(11-19)18(22)21-13-16-4-3-9-20-12-16/h3-10,12H,2,13H2,1H3,(H,21,22)/b17-10+. The van der Waals surface area contributed by atoms with Crippen molar-refractivity contribution in [1.29, 1.82) is 5.26 Å². The van der Waals surface area contributed by atoms with Crippen LogP contribution in [0.4, 0.5) is 0 Å². The number of rotatable bonds is 5. The first-order chi connectivity index (χ1) is 10.7. The highest BCUT2D eigenvalue weighted by atomic mass is 16.1. The smallest absolute Gasteiger partial charge is 0.262 e. The van der Waals surface area contributed by atoms with Crippen molar-refractivity contribution in [3.05, 3.63) is 71.1 Å². The van der Waals surface area contributed by atoms with Crippen LogP contribution in [0.3, 0.4) is 0 Å². The third kappa shape index (κ3) is 4.29. The van der Waals surface area contributed by atoms with E-state index in [2.05, 4.69) is 17.2 Å². The van der Waals surface area contributed by atoms with Gasteiger partial charge in [0.1, 0.15) is 11.6 Å². The molecule has 1 N–H and O–H groups in total. The number of hydrogen-bond donors (Lipinski definition) is 1. The van der Waals surface area contributed by atoms with Crippen molar-refractivity contribution in [2.24, 2.45) is 0 Å². The van der Waals surface area contributed by atoms with Crippen molar-refractivity contribution in [3.8, 4) is 6.07 Å². The van der Waals surface area contributed by atoms with Gasteiger partial charge in [-0.25, -0.2) is 0 Å². The Balaban J connectivity index is 2.04. The number of pyridine rings is 1. The second kappa shape index (κ2) is 7.75. The van der Waals surface area contributed by atoms with E-state index in [1.165, 1.54) is 5.56 Å². The number of carbonyl (C=O) groups is 1. The molecule has 0 atom stereocenters. The molecule has 1 amide bonds. The molecule has 0 fully saturated rings. The first kappa shape index (κ1) is 15.5. The van der Waals surface area contributed by atoms with Gasteiger partial charge in [-0.05, 0) is 35.3 Å². The van der Waals surface area contributed by atoms with E-state index in [1.807, 2.05) is 36.4 Å². The Labute approximate surface area is 130 Å². The number of benzene rings is 1. The molecule has 4 heteroatoms. The number of hydrogen-bond acceptors (Lipinski definition) is 3. The molecule has 0 aliphatic rings. The van der Waals surface area contributed by atoms with Crippen molar-refractivity contribution in [3.63, 3.8) is 0 Å². The maximum Gasteiger partial charge on any atom is 0.262 e. The minimum atomic E-state index is -0.383. The van der Waals surface area contributed by atoms with Gasteiger partial charge >= 0.3 is 0 Å². The molecule has 0 saturated heterocycles. The van der Waals surface area contributed by atoms with Gasteiger partial charge in [0, 0.05) is 18.9 Å². The number of nitriles is 1. The lowest BCUT2D eigenvalue weighted by Crippen LogP contribution is -2.23. The van der Waals surface area contributed by atoms with E-state index in [0.29, 0.717) is 6.54 Å². The second-order valence-electron chi connectivity index (χ2n) is 4.81. The van der Waals surface area contributed by atoms with Crippen molar-refractivity contribution in [1.82, 2.24) is 10.3 Å². The molecule has 1 aromatic carbocycles. The predicted molar refractivity (Wildman–Crippen MR) is 85.5 cm³/mol. The van der Waals surface area contributed by atoms with Crippen LogP contribution in [0.1, 0.15) is 23.6 Å². The van der Waals surface area contributed by atoms with Gasteiger partial charge in [-0.3, -0.25) is 9.78 Å². The quantitative estimate of drug-likeness (QED) is 0.680. The largest absolute Gasteiger partial charge is 0.347 e. The number of nitrogens with one attached hydrogen (secondary N) is 1. The summed E-state index contributed by atoms with van der Waals surface area (Å²) in [5.74, 6) is -0.383. The monoisotopic (exact) mass is 291 g/mol. The van der Waals surface area contributed by atoms with Crippen LogP contribution in [-0.4, -0.2) is 10.9 Å². The van der Waals surface area contributed by atoms with Crippen LogP contribution < -0.4 is 5.32 Å². The zero-order valence-electron chi connectivity index (χ0n) is 12.4. The van der Waals surface area contributed by atoms with Crippen LogP contribution in [0, 0.1) is 11.3 Å². The fourth-order valence-electron chi connectivity index (χ4n) is 1.95. The SMILES string of the molecule is CCc1ccc(/C=C(\C#N)C(=O)NCc2cccnc2)cc1. The Morgan fingerprint density at radius 2 is 2.05 bits per heavy atom. The van der Waals surface area contributed by atoms with Gasteiger partial charge in [-0.2, -0.15) is 5.26 Å². The lowest BCUT2D eigenvalue weighted by molar-refractivity contribution is -0.117. The average Bonchev–Trinajstić information content (AvgIpc) is 2.59. The first-order valence-corrected chi connectivity index (χ1v) is 7.10. The molecule has 2 rings (SSSR count). The van der Waals surface area contributed by atoms with Crippen molar-refractivity contribution in [2.45, 2.75) is 19.9 Å². The Kier molecular flexibility index (Phi) is 5.44. The molecule has 4 nitrogen and oxygen atoms in total. The molecule has 0 radical (unpaired) electrons. The summed E-state index contributed by atoms with van der Waals surface area (Å²) in [6.07, 6.45) is 5.91. The number of aryl methyl sites for hydroxylation is 1. The van der Waals surface area contributed by atoms with Crippen LogP contribution in [-0.2, 0) is 17.8 Å². The predicted octanol–water partition coefficient (Wildman–Crippen LogP) is 2.87. The number of amides is 1. The van der Waals surface area contributed by atoms with Crippen molar-refractivity contribution < 1.29 is 4.79 Å². The van der Waals surface area contributed by atoms with Crippen molar-refractivity contribution >= 4 is 12.0 Å².